The van der Waals surface area contributed by atoms with E-state index in [2.05, 4.69) is 30.6 Å². The summed E-state index contributed by atoms with van der Waals surface area (Å²) >= 11 is 0. The summed E-state index contributed by atoms with van der Waals surface area (Å²) < 4.78 is 5.32. The van der Waals surface area contributed by atoms with Crippen LogP contribution in [0.1, 0.15) is 51.5 Å². The fourth-order valence-corrected chi connectivity index (χ4v) is 3.75. The zero-order valence-corrected chi connectivity index (χ0v) is 16.3. The first-order chi connectivity index (χ1) is 13.5. The Labute approximate surface area is 163 Å². The third-order valence-electron chi connectivity index (χ3n) is 5.23. The second kappa shape index (κ2) is 7.55. The summed E-state index contributed by atoms with van der Waals surface area (Å²) in [6.45, 7) is 7.14. The second-order valence-corrected chi connectivity index (χ2v) is 7.30. The van der Waals surface area contributed by atoms with Gasteiger partial charge in [-0.05, 0) is 39.3 Å². The van der Waals surface area contributed by atoms with Gasteiger partial charge in [-0.2, -0.15) is 5.10 Å². The molecule has 8 heteroatoms. The van der Waals surface area contributed by atoms with Crippen LogP contribution in [0.4, 0.5) is 0 Å². The Bertz CT molecular complexity index is 945. The van der Waals surface area contributed by atoms with E-state index in [9.17, 15) is 4.79 Å². The fourth-order valence-electron chi connectivity index (χ4n) is 3.75. The van der Waals surface area contributed by atoms with Gasteiger partial charge in [0, 0.05) is 30.3 Å². The lowest BCUT2D eigenvalue weighted by Crippen LogP contribution is -2.37. The summed E-state index contributed by atoms with van der Waals surface area (Å²) in [4.78, 5) is 19.4. The maximum Gasteiger partial charge on any atom is 0.251 e. The Hall–Kier alpha value is -3.00. The number of nitrogens with zero attached hydrogens (tertiary/aromatic N) is 4. The number of carbonyl (C=O) groups is 1. The van der Waals surface area contributed by atoms with Gasteiger partial charge in [0.25, 0.3) is 5.91 Å². The monoisotopic (exact) mass is 380 g/mol. The van der Waals surface area contributed by atoms with Gasteiger partial charge in [0.1, 0.15) is 11.6 Å². The average molecular weight is 380 g/mol. The van der Waals surface area contributed by atoms with Crippen molar-refractivity contribution < 1.29 is 9.32 Å². The van der Waals surface area contributed by atoms with Crippen molar-refractivity contribution in [3.63, 3.8) is 0 Å². The minimum absolute atomic E-state index is 0.0111. The smallest absolute Gasteiger partial charge is 0.251 e. The van der Waals surface area contributed by atoms with Crippen LogP contribution in [-0.4, -0.2) is 43.7 Å². The van der Waals surface area contributed by atoms with Crippen molar-refractivity contribution >= 4 is 5.91 Å². The van der Waals surface area contributed by atoms with Crippen molar-refractivity contribution in [1.82, 2.24) is 30.6 Å². The van der Waals surface area contributed by atoms with Crippen molar-refractivity contribution in [2.45, 2.75) is 45.8 Å². The van der Waals surface area contributed by atoms with E-state index < -0.39 is 0 Å². The van der Waals surface area contributed by atoms with E-state index >= 15 is 0 Å². The van der Waals surface area contributed by atoms with E-state index in [1.165, 1.54) is 0 Å². The van der Waals surface area contributed by atoms with Crippen molar-refractivity contribution in [1.29, 1.82) is 0 Å². The van der Waals surface area contributed by atoms with E-state index in [-0.39, 0.29) is 18.0 Å². The fraction of sp³-hybridized carbons (Fsp3) is 0.400. The van der Waals surface area contributed by atoms with E-state index in [1.54, 1.807) is 0 Å². The highest BCUT2D eigenvalue weighted by Crippen LogP contribution is 2.32. The molecule has 1 amide bonds. The molecule has 0 saturated carbocycles. The van der Waals surface area contributed by atoms with Crippen molar-refractivity contribution in [3.8, 4) is 0 Å². The number of nitrogens with one attached hydrogen (secondary N) is 2. The molecule has 3 heterocycles. The zero-order chi connectivity index (χ0) is 19.7. The maximum atomic E-state index is 12.6. The lowest BCUT2D eigenvalue weighted by molar-refractivity contribution is 0.0937. The third kappa shape index (κ3) is 3.68. The van der Waals surface area contributed by atoms with Gasteiger partial charge in [0.15, 0.2) is 5.82 Å². The summed E-state index contributed by atoms with van der Waals surface area (Å²) in [5.41, 5.74) is 2.63. The van der Waals surface area contributed by atoms with E-state index in [0.717, 1.165) is 35.1 Å². The van der Waals surface area contributed by atoms with Gasteiger partial charge in [0.05, 0.1) is 11.7 Å². The molecule has 2 atom stereocenters. The molecule has 2 N–H and O–H groups in total. The van der Waals surface area contributed by atoms with E-state index in [0.29, 0.717) is 18.7 Å². The Balaban J connectivity index is 1.54. The van der Waals surface area contributed by atoms with Crippen LogP contribution in [-0.2, 0) is 6.54 Å². The number of aromatic nitrogens is 4. The van der Waals surface area contributed by atoms with Gasteiger partial charge < -0.3 is 9.84 Å². The van der Waals surface area contributed by atoms with Crippen LogP contribution in [0.2, 0.25) is 0 Å². The van der Waals surface area contributed by atoms with Crippen molar-refractivity contribution in [3.05, 3.63) is 64.6 Å². The molecule has 1 aliphatic rings. The second-order valence-electron chi connectivity index (χ2n) is 7.30. The Morgan fingerprint density at radius 3 is 2.71 bits per heavy atom. The molecule has 28 heavy (non-hydrogen) atoms. The van der Waals surface area contributed by atoms with Crippen LogP contribution in [0.25, 0.3) is 0 Å². The molecule has 1 fully saturated rings. The highest BCUT2D eigenvalue weighted by molar-refractivity contribution is 5.94. The molecule has 0 radical (unpaired) electrons. The van der Waals surface area contributed by atoms with Crippen LogP contribution < -0.4 is 5.32 Å². The average Bonchev–Trinajstić information content (AvgIpc) is 3.38. The molecule has 4 rings (SSSR count). The minimum Gasteiger partial charge on any atom is -0.361 e. The molecule has 2 aromatic heterocycles. The van der Waals surface area contributed by atoms with Gasteiger partial charge in [-0.15, -0.1) is 0 Å². The molecular weight excluding hydrogens is 356 g/mol. The number of carbonyl (C=O) groups excluding carboxylic acids is 1. The number of amides is 1. The molecule has 0 unspecified atom stereocenters. The highest BCUT2D eigenvalue weighted by atomic mass is 16.5. The molecule has 8 nitrogen and oxygen atoms in total. The van der Waals surface area contributed by atoms with Gasteiger partial charge in [-0.3, -0.25) is 14.8 Å². The number of hydrogen-bond donors (Lipinski definition) is 2. The number of benzene rings is 1. The predicted octanol–water partition coefficient (Wildman–Crippen LogP) is 2.46. The first kappa shape index (κ1) is 18.4. The number of aromatic amines is 1. The maximum absolute atomic E-state index is 12.6. The summed E-state index contributed by atoms with van der Waals surface area (Å²) in [6, 6.07) is 9.30. The molecule has 146 valence electrons. The Kier molecular flexibility index (Phi) is 4.95. The molecule has 0 bridgehead atoms. The molecular formula is C20H24N6O2. The van der Waals surface area contributed by atoms with Crippen LogP contribution in [0.15, 0.2) is 34.9 Å². The first-order valence-electron chi connectivity index (χ1n) is 9.42. The molecule has 1 saturated heterocycles. The van der Waals surface area contributed by atoms with Gasteiger partial charge in [-0.1, -0.05) is 23.4 Å². The van der Waals surface area contributed by atoms with Crippen LogP contribution in [0, 0.1) is 20.8 Å². The minimum atomic E-state index is -0.0605. The SMILES string of the molecule is Cc1nc([C@@H]2C[C@H](NC(=O)c3ccccc3)CN2Cc2c(C)noc2C)n[nH]1. The Morgan fingerprint density at radius 2 is 2.07 bits per heavy atom. The first-order valence-corrected chi connectivity index (χ1v) is 9.42. The lowest BCUT2D eigenvalue weighted by atomic mass is 10.1. The largest absolute Gasteiger partial charge is 0.361 e. The quantitative estimate of drug-likeness (QED) is 0.705. The normalized spacial score (nSPS) is 19.8. The number of rotatable bonds is 5. The van der Waals surface area contributed by atoms with Gasteiger partial charge >= 0.3 is 0 Å². The molecule has 1 aliphatic heterocycles. The van der Waals surface area contributed by atoms with E-state index in [1.807, 2.05) is 51.1 Å². The van der Waals surface area contributed by atoms with Crippen molar-refractivity contribution in [2.24, 2.45) is 0 Å². The number of aryl methyl sites for hydroxylation is 3. The summed E-state index contributed by atoms with van der Waals surface area (Å²) in [5, 5.41) is 14.5. The lowest BCUT2D eigenvalue weighted by Gasteiger charge is -2.21. The third-order valence-corrected chi connectivity index (χ3v) is 5.23. The summed E-state index contributed by atoms with van der Waals surface area (Å²) in [5.74, 6) is 2.29. The van der Waals surface area contributed by atoms with Gasteiger partial charge in [-0.25, -0.2) is 4.98 Å². The number of H-pyrrole nitrogens is 1. The number of hydrogen-bond acceptors (Lipinski definition) is 6. The Morgan fingerprint density at radius 1 is 1.29 bits per heavy atom. The summed E-state index contributed by atoms with van der Waals surface area (Å²) in [7, 11) is 0. The zero-order valence-electron chi connectivity index (χ0n) is 16.3. The predicted molar refractivity (Wildman–Crippen MR) is 103 cm³/mol. The standard InChI is InChI=1S/C20H24N6O2/c1-12-17(13(2)28-25-12)11-26-10-16(9-18(26)19-21-14(3)23-24-19)22-20(27)15-7-5-4-6-8-15/h4-8,16,18H,9-11H2,1-3H3,(H,22,27)(H,21,23,24)/t16-,18-/m0/s1. The topological polar surface area (TPSA) is 99.9 Å². The number of likely N-dealkylation sites (tertiary alicyclic amines) is 1. The molecule has 1 aromatic carbocycles. The van der Waals surface area contributed by atoms with Crippen LogP contribution in [0.3, 0.4) is 0 Å². The van der Waals surface area contributed by atoms with Crippen LogP contribution in [0.5, 0.6) is 0 Å². The van der Waals surface area contributed by atoms with Crippen LogP contribution >= 0.6 is 0 Å². The van der Waals surface area contributed by atoms with E-state index in [4.69, 9.17) is 4.52 Å². The molecule has 3 aromatic rings. The van der Waals surface area contributed by atoms with Gasteiger partial charge in [0.2, 0.25) is 0 Å². The molecule has 0 spiro atoms. The highest BCUT2D eigenvalue weighted by Gasteiger charge is 2.37. The summed E-state index contributed by atoms with van der Waals surface area (Å²) in [6.07, 6.45) is 0.749. The van der Waals surface area contributed by atoms with Crippen molar-refractivity contribution in [2.75, 3.05) is 6.54 Å². The molecule has 0 aliphatic carbocycles.